The Bertz CT molecular complexity index is 2870. The van der Waals surface area contributed by atoms with Gasteiger partial charge in [0.15, 0.2) is 0 Å². The fraction of sp³-hybridized carbons (Fsp3) is 0.0196. The number of nitrogens with one attached hydrogen (secondary N) is 1. The first-order valence-corrected chi connectivity index (χ1v) is 18.4. The number of aromatic nitrogens is 1. The molecule has 2 heterocycles. The molecule has 1 atom stereocenters. The Hall–Kier alpha value is -7.10. The zero-order valence-corrected chi connectivity index (χ0v) is 29.5. The molecule has 0 saturated heterocycles. The van der Waals surface area contributed by atoms with E-state index in [2.05, 4.69) is 192 Å². The average molecular weight is 690 g/mol. The van der Waals surface area contributed by atoms with Crippen molar-refractivity contribution in [1.29, 1.82) is 0 Å². The topological polar surface area (TPSA) is 37.3 Å². The highest BCUT2D eigenvalue weighted by atomic mass is 15.0. The normalized spacial score (nSPS) is 14.1. The van der Waals surface area contributed by atoms with E-state index >= 15 is 0 Å². The first-order chi connectivity index (χ1) is 26.7. The van der Waals surface area contributed by atoms with E-state index < -0.39 is 0 Å². The van der Waals surface area contributed by atoms with Crippen molar-refractivity contribution in [2.45, 2.75) is 6.04 Å². The van der Waals surface area contributed by atoms with Gasteiger partial charge in [0.25, 0.3) is 0 Å². The number of amidine groups is 1. The summed E-state index contributed by atoms with van der Waals surface area (Å²) >= 11 is 0. The van der Waals surface area contributed by atoms with E-state index in [1.165, 1.54) is 54.6 Å². The summed E-state index contributed by atoms with van der Waals surface area (Å²) in [5.41, 5.74) is 11.3. The summed E-state index contributed by atoms with van der Waals surface area (Å²) in [4.78, 5) is 9.54. The Morgan fingerprint density at radius 3 is 1.72 bits per heavy atom. The molecule has 1 N–H and O–H groups in total. The van der Waals surface area contributed by atoms with Crippen LogP contribution < -0.4 is 5.32 Å². The number of rotatable bonds is 6. The molecule has 54 heavy (non-hydrogen) atoms. The smallest absolute Gasteiger partial charge is 0.134 e. The Morgan fingerprint density at radius 2 is 1.00 bits per heavy atom. The Balaban J connectivity index is 1.00. The van der Waals surface area contributed by atoms with Crippen LogP contribution in [0, 0.1) is 0 Å². The quantitative estimate of drug-likeness (QED) is 0.176. The van der Waals surface area contributed by atoms with Crippen LogP contribution in [0.4, 0.5) is 0 Å². The molecule has 0 radical (unpaired) electrons. The molecule has 3 heteroatoms. The van der Waals surface area contributed by atoms with E-state index in [1.807, 2.05) is 12.3 Å². The second-order valence-corrected chi connectivity index (χ2v) is 13.9. The van der Waals surface area contributed by atoms with Crippen molar-refractivity contribution in [1.82, 2.24) is 10.3 Å². The molecule has 0 spiro atoms. The van der Waals surface area contributed by atoms with Crippen LogP contribution in [0.25, 0.3) is 71.4 Å². The summed E-state index contributed by atoms with van der Waals surface area (Å²) in [6.07, 6.45) is 5.96. The minimum absolute atomic E-state index is 0.0547. The van der Waals surface area contributed by atoms with Gasteiger partial charge in [-0.15, -0.1) is 0 Å². The lowest BCUT2D eigenvalue weighted by molar-refractivity contribution is 0.782. The maximum absolute atomic E-state index is 5.26. The van der Waals surface area contributed by atoms with Gasteiger partial charge in [0.1, 0.15) is 5.84 Å². The van der Waals surface area contributed by atoms with Gasteiger partial charge >= 0.3 is 0 Å². The fourth-order valence-electron chi connectivity index (χ4n) is 7.75. The van der Waals surface area contributed by atoms with E-state index in [0.717, 1.165) is 39.3 Å². The number of hydrogen-bond acceptors (Lipinski definition) is 3. The van der Waals surface area contributed by atoms with Gasteiger partial charge in [0, 0.05) is 18.0 Å². The number of benzene rings is 8. The highest BCUT2D eigenvalue weighted by Crippen LogP contribution is 2.36. The summed E-state index contributed by atoms with van der Waals surface area (Å²) in [5, 5.41) is 11.3. The monoisotopic (exact) mass is 689 g/mol. The SMILES string of the molecule is C1=C(c2ccc(-c3ccc(-c4cccnc4)cc3)cc2)N=C(c2ccc(-c3cc4ccccc4c4ccccc34)cc2)NC1c1ccc2ccccc2c1. The van der Waals surface area contributed by atoms with Gasteiger partial charge < -0.3 is 5.32 Å². The highest BCUT2D eigenvalue weighted by molar-refractivity contribution is 6.14. The van der Waals surface area contributed by atoms with E-state index in [4.69, 9.17) is 4.99 Å². The van der Waals surface area contributed by atoms with Gasteiger partial charge in [-0.1, -0.05) is 164 Å². The fourth-order valence-corrected chi connectivity index (χ4v) is 7.75. The van der Waals surface area contributed by atoms with E-state index in [1.54, 1.807) is 6.20 Å². The summed E-state index contributed by atoms with van der Waals surface area (Å²) in [5.74, 6) is 0.857. The van der Waals surface area contributed by atoms with Crippen molar-refractivity contribution < 1.29 is 0 Å². The Morgan fingerprint density at radius 1 is 0.407 bits per heavy atom. The zero-order chi connectivity index (χ0) is 35.8. The number of pyridine rings is 1. The standard InChI is InChI=1S/C51H35N3/c1-2-9-41-30-43(28-21-34(41)8-1)50-32-49(39-24-19-36(20-25-39)35-15-17-37(18-16-35)44-11-7-29-52-33-44)53-51(54-50)40-26-22-38(23-27-40)48-31-42-10-3-4-12-45(42)46-13-5-6-14-47(46)48/h1-33,50H,(H,53,54). The lowest BCUT2D eigenvalue weighted by Crippen LogP contribution is -2.31. The van der Waals surface area contributed by atoms with Crippen LogP contribution in [0.2, 0.25) is 0 Å². The predicted octanol–water partition coefficient (Wildman–Crippen LogP) is 12.7. The maximum atomic E-state index is 5.26. The molecule has 1 aliphatic rings. The Labute approximate surface area is 314 Å². The Kier molecular flexibility index (Phi) is 7.88. The van der Waals surface area contributed by atoms with Crippen LogP contribution in [0.5, 0.6) is 0 Å². The first kappa shape index (κ1) is 31.6. The van der Waals surface area contributed by atoms with Crippen LogP contribution in [0.3, 0.4) is 0 Å². The molecular weight excluding hydrogens is 655 g/mol. The van der Waals surface area contributed by atoms with E-state index in [0.29, 0.717) is 0 Å². The van der Waals surface area contributed by atoms with Crippen molar-refractivity contribution in [3.8, 4) is 33.4 Å². The van der Waals surface area contributed by atoms with Crippen LogP contribution in [-0.4, -0.2) is 10.8 Å². The number of fused-ring (bicyclic) bond motifs is 4. The summed E-state index contributed by atoms with van der Waals surface area (Å²) < 4.78 is 0. The van der Waals surface area contributed by atoms with Gasteiger partial charge in [0.2, 0.25) is 0 Å². The van der Waals surface area contributed by atoms with Crippen molar-refractivity contribution >= 4 is 43.9 Å². The van der Waals surface area contributed by atoms with E-state index in [9.17, 15) is 0 Å². The molecule has 0 amide bonds. The summed E-state index contributed by atoms with van der Waals surface area (Å²) in [6, 6.07) is 65.2. The molecule has 1 aliphatic heterocycles. The van der Waals surface area contributed by atoms with Crippen LogP contribution in [-0.2, 0) is 0 Å². The molecule has 0 aliphatic carbocycles. The second kappa shape index (κ2) is 13.5. The summed E-state index contributed by atoms with van der Waals surface area (Å²) in [6.45, 7) is 0. The van der Waals surface area contributed by atoms with Crippen LogP contribution in [0.1, 0.15) is 22.7 Å². The van der Waals surface area contributed by atoms with Gasteiger partial charge in [-0.25, -0.2) is 4.99 Å². The zero-order valence-electron chi connectivity index (χ0n) is 29.5. The van der Waals surface area contributed by atoms with Gasteiger partial charge in [-0.3, -0.25) is 4.98 Å². The van der Waals surface area contributed by atoms with Crippen molar-refractivity contribution in [2.75, 3.05) is 0 Å². The number of hydrogen-bond donors (Lipinski definition) is 1. The van der Waals surface area contributed by atoms with E-state index in [-0.39, 0.29) is 6.04 Å². The molecule has 3 nitrogen and oxygen atoms in total. The lowest BCUT2D eigenvalue weighted by Gasteiger charge is -2.25. The van der Waals surface area contributed by atoms with Crippen LogP contribution >= 0.6 is 0 Å². The molecule has 0 bridgehead atoms. The second-order valence-electron chi connectivity index (χ2n) is 13.9. The third-order valence-electron chi connectivity index (χ3n) is 10.6. The molecule has 1 unspecified atom stereocenters. The summed E-state index contributed by atoms with van der Waals surface area (Å²) in [7, 11) is 0. The molecular formula is C51H35N3. The van der Waals surface area contributed by atoms with Gasteiger partial charge in [-0.05, 0) is 101 Å². The average Bonchev–Trinajstić information content (AvgIpc) is 3.26. The molecule has 8 aromatic carbocycles. The minimum Gasteiger partial charge on any atom is -0.359 e. The number of aliphatic imine (C=N–C) groups is 1. The largest absolute Gasteiger partial charge is 0.359 e. The van der Waals surface area contributed by atoms with Crippen molar-refractivity contribution in [3.63, 3.8) is 0 Å². The number of nitrogens with zero attached hydrogens (tertiary/aromatic N) is 2. The van der Waals surface area contributed by atoms with Crippen LogP contribution in [0.15, 0.2) is 205 Å². The third-order valence-corrected chi connectivity index (χ3v) is 10.6. The molecule has 10 rings (SSSR count). The maximum Gasteiger partial charge on any atom is 0.134 e. The molecule has 0 fully saturated rings. The molecule has 1 aromatic heterocycles. The van der Waals surface area contributed by atoms with Gasteiger partial charge in [0.05, 0.1) is 11.7 Å². The highest BCUT2D eigenvalue weighted by Gasteiger charge is 2.21. The minimum atomic E-state index is -0.0547. The first-order valence-electron chi connectivity index (χ1n) is 18.4. The van der Waals surface area contributed by atoms with Crippen molar-refractivity contribution in [2.24, 2.45) is 4.99 Å². The lowest BCUT2D eigenvalue weighted by atomic mass is 9.92. The molecule has 254 valence electrons. The molecule has 9 aromatic rings. The predicted molar refractivity (Wildman–Crippen MR) is 226 cm³/mol. The van der Waals surface area contributed by atoms with Gasteiger partial charge in [-0.2, -0.15) is 0 Å². The molecule has 0 saturated carbocycles. The third kappa shape index (κ3) is 5.92. The van der Waals surface area contributed by atoms with Crippen molar-refractivity contribution in [3.05, 3.63) is 217 Å².